The van der Waals surface area contributed by atoms with Crippen molar-refractivity contribution in [1.82, 2.24) is 15.5 Å². The first-order chi connectivity index (χ1) is 9.22. The molecule has 7 heteroatoms. The molecule has 2 rings (SSSR count). The summed E-state index contributed by atoms with van der Waals surface area (Å²) in [5.41, 5.74) is 0.675. The van der Waals surface area contributed by atoms with Crippen LogP contribution in [0.2, 0.25) is 5.02 Å². The van der Waals surface area contributed by atoms with Crippen molar-refractivity contribution < 1.29 is 9.15 Å². The van der Waals surface area contributed by atoms with Crippen LogP contribution in [0.25, 0.3) is 0 Å². The number of anilines is 2. The van der Waals surface area contributed by atoms with Gasteiger partial charge in [0, 0.05) is 5.02 Å². The summed E-state index contributed by atoms with van der Waals surface area (Å²) in [7, 11) is 1.58. The summed E-state index contributed by atoms with van der Waals surface area (Å²) in [6.07, 6.45) is 0. The minimum absolute atomic E-state index is 0.300. The van der Waals surface area contributed by atoms with Gasteiger partial charge in [0.15, 0.2) is 0 Å². The first kappa shape index (κ1) is 13.6. The summed E-state index contributed by atoms with van der Waals surface area (Å²) in [5, 5.41) is 14.5. The largest absolute Gasteiger partial charge is 0.495 e. The van der Waals surface area contributed by atoms with Crippen molar-refractivity contribution in [2.75, 3.05) is 19.0 Å². The Balaban J connectivity index is 2.12. The monoisotopic (exact) mass is 282 g/mol. The van der Waals surface area contributed by atoms with E-state index in [1.54, 1.807) is 25.3 Å². The molecule has 2 N–H and O–H groups in total. The fourth-order valence-electron chi connectivity index (χ4n) is 1.50. The molecule has 0 amide bonds. The van der Waals surface area contributed by atoms with Crippen LogP contribution in [0.4, 0.5) is 11.7 Å². The molecule has 102 valence electrons. The topological polar surface area (TPSA) is 72.2 Å². The van der Waals surface area contributed by atoms with E-state index in [2.05, 4.69) is 20.8 Å². The lowest BCUT2D eigenvalue weighted by molar-refractivity contribution is 0.416. The maximum atomic E-state index is 5.94. The number of methoxy groups -OCH3 is 1. The Labute approximate surface area is 116 Å². The van der Waals surface area contributed by atoms with Crippen molar-refractivity contribution in [2.24, 2.45) is 0 Å². The van der Waals surface area contributed by atoms with Crippen molar-refractivity contribution in [3.63, 3.8) is 0 Å². The van der Waals surface area contributed by atoms with Crippen LogP contribution in [-0.4, -0.2) is 23.9 Å². The molecule has 0 radical (unpaired) electrons. The van der Waals surface area contributed by atoms with Crippen LogP contribution in [0.3, 0.4) is 0 Å². The Kier molecular flexibility index (Phi) is 4.59. The van der Waals surface area contributed by atoms with Gasteiger partial charge < -0.3 is 19.8 Å². The van der Waals surface area contributed by atoms with Gasteiger partial charge in [-0.05, 0) is 24.7 Å². The van der Waals surface area contributed by atoms with Crippen molar-refractivity contribution in [2.45, 2.75) is 13.5 Å². The highest BCUT2D eigenvalue weighted by molar-refractivity contribution is 6.30. The second-order valence-corrected chi connectivity index (χ2v) is 4.19. The number of nitrogens with one attached hydrogen (secondary N) is 2. The number of rotatable bonds is 6. The highest BCUT2D eigenvalue weighted by Crippen LogP contribution is 2.29. The number of ether oxygens (including phenoxy) is 1. The molecule has 1 aromatic heterocycles. The maximum Gasteiger partial charge on any atom is 0.320 e. The van der Waals surface area contributed by atoms with Gasteiger partial charge in [0.2, 0.25) is 5.89 Å². The second kappa shape index (κ2) is 6.40. The zero-order chi connectivity index (χ0) is 13.7. The third kappa shape index (κ3) is 3.59. The van der Waals surface area contributed by atoms with E-state index in [4.69, 9.17) is 20.8 Å². The van der Waals surface area contributed by atoms with Crippen molar-refractivity contribution in [3.05, 3.63) is 29.1 Å². The van der Waals surface area contributed by atoms with E-state index in [1.807, 2.05) is 6.92 Å². The van der Waals surface area contributed by atoms with Crippen LogP contribution in [-0.2, 0) is 6.54 Å². The van der Waals surface area contributed by atoms with Crippen LogP contribution < -0.4 is 15.4 Å². The second-order valence-electron chi connectivity index (χ2n) is 3.75. The molecule has 0 bridgehead atoms. The van der Waals surface area contributed by atoms with Gasteiger partial charge in [-0.2, -0.15) is 0 Å². The predicted octanol–water partition coefficient (Wildman–Crippen LogP) is 2.58. The van der Waals surface area contributed by atoms with Gasteiger partial charge in [-0.15, -0.1) is 5.10 Å². The fraction of sp³-hybridized carbons (Fsp3) is 0.333. The Hall–Kier alpha value is -1.79. The van der Waals surface area contributed by atoms with E-state index in [9.17, 15) is 0 Å². The molecule has 1 aromatic carbocycles. The Bertz CT molecular complexity index is 544. The smallest absolute Gasteiger partial charge is 0.320 e. The number of benzene rings is 1. The van der Waals surface area contributed by atoms with Crippen LogP contribution in [0.1, 0.15) is 12.8 Å². The predicted molar refractivity (Wildman–Crippen MR) is 73.0 cm³/mol. The lowest BCUT2D eigenvalue weighted by Crippen LogP contribution is -2.11. The van der Waals surface area contributed by atoms with E-state index in [0.717, 1.165) is 6.54 Å². The highest BCUT2D eigenvalue weighted by Gasteiger charge is 2.09. The van der Waals surface area contributed by atoms with E-state index < -0.39 is 0 Å². The Morgan fingerprint density at radius 3 is 2.95 bits per heavy atom. The van der Waals surface area contributed by atoms with Gasteiger partial charge in [-0.3, -0.25) is 0 Å². The summed E-state index contributed by atoms with van der Waals surface area (Å²) >= 11 is 5.94. The summed E-state index contributed by atoms with van der Waals surface area (Å²) in [4.78, 5) is 0. The number of hydrogen-bond donors (Lipinski definition) is 2. The van der Waals surface area contributed by atoms with E-state index in [-0.39, 0.29) is 0 Å². The summed E-state index contributed by atoms with van der Waals surface area (Å²) in [5.74, 6) is 1.17. The maximum absolute atomic E-state index is 5.94. The highest BCUT2D eigenvalue weighted by atomic mass is 35.5. The van der Waals surface area contributed by atoms with Gasteiger partial charge in [-0.1, -0.05) is 23.6 Å². The molecule has 0 aliphatic heterocycles. The van der Waals surface area contributed by atoms with Gasteiger partial charge in [0.05, 0.1) is 19.3 Å². The van der Waals surface area contributed by atoms with Crippen molar-refractivity contribution >= 4 is 23.3 Å². The van der Waals surface area contributed by atoms with Gasteiger partial charge in [0.1, 0.15) is 5.75 Å². The normalized spacial score (nSPS) is 10.5. The lowest BCUT2D eigenvalue weighted by atomic mass is 10.3. The average Bonchev–Trinajstić information content (AvgIpc) is 2.84. The Morgan fingerprint density at radius 1 is 1.37 bits per heavy atom. The molecule has 0 fully saturated rings. The molecular formula is C12H15ClN4O2. The van der Waals surface area contributed by atoms with Crippen LogP contribution in [0.15, 0.2) is 22.6 Å². The first-order valence-electron chi connectivity index (χ1n) is 5.86. The summed E-state index contributed by atoms with van der Waals surface area (Å²) < 4.78 is 10.7. The standard InChI is InChI=1S/C12H15ClN4O2/c1-3-14-7-11-16-17-12(19-11)15-9-6-8(13)4-5-10(9)18-2/h4-6,14H,3,7H2,1-2H3,(H,15,17). The molecule has 19 heavy (non-hydrogen) atoms. The lowest BCUT2D eigenvalue weighted by Gasteiger charge is -2.08. The zero-order valence-electron chi connectivity index (χ0n) is 10.7. The van der Waals surface area contributed by atoms with Crippen LogP contribution >= 0.6 is 11.6 Å². The Morgan fingerprint density at radius 2 is 2.21 bits per heavy atom. The molecule has 0 aliphatic rings. The minimum atomic E-state index is 0.300. The number of nitrogens with zero attached hydrogens (tertiary/aromatic N) is 2. The molecule has 6 nitrogen and oxygen atoms in total. The number of aromatic nitrogens is 2. The molecule has 2 aromatic rings. The summed E-state index contributed by atoms with van der Waals surface area (Å²) in [6.45, 7) is 3.39. The van der Waals surface area contributed by atoms with Gasteiger partial charge in [0.25, 0.3) is 0 Å². The van der Waals surface area contributed by atoms with Crippen molar-refractivity contribution in [3.8, 4) is 5.75 Å². The molecule has 0 saturated heterocycles. The molecule has 1 heterocycles. The van der Waals surface area contributed by atoms with E-state index in [0.29, 0.717) is 34.9 Å². The number of hydrogen-bond acceptors (Lipinski definition) is 6. The minimum Gasteiger partial charge on any atom is -0.495 e. The van der Waals surface area contributed by atoms with Crippen LogP contribution in [0, 0.1) is 0 Å². The molecule has 0 atom stereocenters. The molecule has 0 saturated carbocycles. The summed E-state index contributed by atoms with van der Waals surface area (Å²) in [6, 6.07) is 5.54. The van der Waals surface area contributed by atoms with E-state index in [1.165, 1.54) is 0 Å². The van der Waals surface area contributed by atoms with Gasteiger partial charge in [-0.25, -0.2) is 0 Å². The third-order valence-corrected chi connectivity index (χ3v) is 2.63. The van der Waals surface area contributed by atoms with E-state index >= 15 is 0 Å². The zero-order valence-corrected chi connectivity index (χ0v) is 11.5. The average molecular weight is 283 g/mol. The van der Waals surface area contributed by atoms with Crippen LogP contribution in [0.5, 0.6) is 5.75 Å². The first-order valence-corrected chi connectivity index (χ1v) is 6.24. The molecule has 0 spiro atoms. The third-order valence-electron chi connectivity index (χ3n) is 2.40. The molecular weight excluding hydrogens is 268 g/mol. The molecule has 0 unspecified atom stereocenters. The number of halogens is 1. The van der Waals surface area contributed by atoms with Crippen molar-refractivity contribution in [1.29, 1.82) is 0 Å². The van der Waals surface area contributed by atoms with Gasteiger partial charge >= 0.3 is 6.01 Å². The SMILES string of the molecule is CCNCc1nnc(Nc2cc(Cl)ccc2OC)o1. The quantitative estimate of drug-likeness (QED) is 0.848. The fourth-order valence-corrected chi connectivity index (χ4v) is 1.67. The molecule has 0 aliphatic carbocycles.